The van der Waals surface area contributed by atoms with Crippen molar-refractivity contribution in [3.8, 4) is 0 Å². The van der Waals surface area contributed by atoms with Gasteiger partial charge in [-0.05, 0) is 43.5 Å². The molecule has 1 saturated heterocycles. The lowest BCUT2D eigenvalue weighted by molar-refractivity contribution is -0.166. The van der Waals surface area contributed by atoms with Crippen molar-refractivity contribution in [2.24, 2.45) is 0 Å². The van der Waals surface area contributed by atoms with Gasteiger partial charge in [0.25, 0.3) is 5.91 Å². The molecule has 1 fully saturated rings. The van der Waals surface area contributed by atoms with Crippen molar-refractivity contribution in [3.05, 3.63) is 106 Å². The lowest BCUT2D eigenvalue weighted by Gasteiger charge is -2.51. The van der Waals surface area contributed by atoms with E-state index in [-0.39, 0.29) is 24.3 Å². The zero-order valence-electron chi connectivity index (χ0n) is 20.3. The highest BCUT2D eigenvalue weighted by Gasteiger charge is 2.56. The van der Waals surface area contributed by atoms with E-state index in [1.54, 1.807) is 4.90 Å². The molecule has 3 heterocycles. The van der Waals surface area contributed by atoms with Crippen LogP contribution in [-0.4, -0.2) is 39.7 Å². The third-order valence-electron chi connectivity index (χ3n) is 7.79. The molecule has 2 atom stereocenters. The number of nitrogens with one attached hydrogen (secondary N) is 1. The molecule has 5 heteroatoms. The molecule has 0 radical (unpaired) electrons. The van der Waals surface area contributed by atoms with Crippen molar-refractivity contribution in [1.29, 1.82) is 0 Å². The second-order valence-electron chi connectivity index (χ2n) is 10.1. The van der Waals surface area contributed by atoms with E-state index in [1.807, 2.05) is 61.2 Å². The number of fused-ring (bicyclic) bond motifs is 5. The van der Waals surface area contributed by atoms with Gasteiger partial charge in [0.2, 0.25) is 5.91 Å². The van der Waals surface area contributed by atoms with Crippen LogP contribution in [0.5, 0.6) is 0 Å². The van der Waals surface area contributed by atoms with E-state index in [1.165, 1.54) is 11.1 Å². The standard InChI is InChI=1S/C30H29N3O2/c1-19-8-12-21(13-9-19)16-32-18-26(34)33-17-24(22-14-10-20(2)11-15-22)27-23-6-4-5-7-25(23)31-28(27)30(33,3)29(32)35/h4-15,24,31H,16-18H2,1-3H3/t24?,30-/m0/s1. The highest BCUT2D eigenvalue weighted by molar-refractivity contribution is 6.01. The van der Waals surface area contributed by atoms with E-state index in [4.69, 9.17) is 0 Å². The molecule has 2 amide bonds. The summed E-state index contributed by atoms with van der Waals surface area (Å²) in [5.41, 5.74) is 6.44. The largest absolute Gasteiger partial charge is 0.356 e. The van der Waals surface area contributed by atoms with Crippen molar-refractivity contribution in [2.45, 2.75) is 38.8 Å². The Labute approximate surface area is 205 Å². The Morgan fingerprint density at radius 3 is 2.29 bits per heavy atom. The molecule has 35 heavy (non-hydrogen) atoms. The zero-order chi connectivity index (χ0) is 24.3. The molecule has 3 aromatic carbocycles. The molecule has 1 unspecified atom stereocenters. The number of H-pyrrole nitrogens is 1. The van der Waals surface area contributed by atoms with Gasteiger partial charge < -0.3 is 14.8 Å². The van der Waals surface area contributed by atoms with Crippen LogP contribution in [0.1, 0.15) is 46.4 Å². The first-order valence-corrected chi connectivity index (χ1v) is 12.2. The smallest absolute Gasteiger partial charge is 0.255 e. The number of piperazine rings is 1. The third kappa shape index (κ3) is 3.29. The predicted octanol–water partition coefficient (Wildman–Crippen LogP) is 5.02. The molecule has 0 aliphatic carbocycles. The Bertz CT molecular complexity index is 1450. The summed E-state index contributed by atoms with van der Waals surface area (Å²) in [5.74, 6) is -0.0521. The number of rotatable bonds is 3. The number of carbonyl (C=O) groups excluding carboxylic acids is 2. The summed E-state index contributed by atoms with van der Waals surface area (Å²) < 4.78 is 0. The first kappa shape index (κ1) is 21.7. The van der Waals surface area contributed by atoms with E-state index in [2.05, 4.69) is 42.2 Å². The topological polar surface area (TPSA) is 56.4 Å². The summed E-state index contributed by atoms with van der Waals surface area (Å²) in [4.78, 5) is 34.8. The van der Waals surface area contributed by atoms with Crippen LogP contribution < -0.4 is 0 Å². The van der Waals surface area contributed by atoms with Gasteiger partial charge in [-0.2, -0.15) is 0 Å². The average Bonchev–Trinajstić information content (AvgIpc) is 3.25. The number of aromatic nitrogens is 1. The van der Waals surface area contributed by atoms with Gasteiger partial charge in [-0.15, -0.1) is 0 Å². The van der Waals surface area contributed by atoms with E-state index >= 15 is 0 Å². The van der Waals surface area contributed by atoms with Gasteiger partial charge in [0, 0.05) is 29.9 Å². The van der Waals surface area contributed by atoms with Crippen molar-refractivity contribution in [1.82, 2.24) is 14.8 Å². The summed E-state index contributed by atoms with van der Waals surface area (Å²) in [6.45, 7) is 7.03. The molecular weight excluding hydrogens is 434 g/mol. The number of aryl methyl sites for hydroxylation is 2. The Morgan fingerprint density at radius 2 is 1.57 bits per heavy atom. The van der Waals surface area contributed by atoms with E-state index in [0.717, 1.165) is 33.3 Å². The average molecular weight is 464 g/mol. The molecule has 2 aliphatic heterocycles. The Hall–Kier alpha value is -3.86. The maximum atomic E-state index is 14.1. The molecule has 176 valence electrons. The van der Waals surface area contributed by atoms with Crippen LogP contribution in [0.25, 0.3) is 10.9 Å². The minimum Gasteiger partial charge on any atom is -0.356 e. The van der Waals surface area contributed by atoms with Gasteiger partial charge in [0.05, 0.1) is 5.69 Å². The molecular formula is C30H29N3O2. The van der Waals surface area contributed by atoms with Gasteiger partial charge in [0.1, 0.15) is 6.54 Å². The van der Waals surface area contributed by atoms with Gasteiger partial charge >= 0.3 is 0 Å². The fourth-order valence-corrected chi connectivity index (χ4v) is 5.82. The van der Waals surface area contributed by atoms with Crippen LogP contribution in [0.2, 0.25) is 0 Å². The molecule has 2 aliphatic rings. The molecule has 0 saturated carbocycles. The Balaban J connectivity index is 1.49. The zero-order valence-corrected chi connectivity index (χ0v) is 20.3. The van der Waals surface area contributed by atoms with Gasteiger partial charge in [-0.1, -0.05) is 77.9 Å². The quantitative estimate of drug-likeness (QED) is 0.464. The summed E-state index contributed by atoms with van der Waals surface area (Å²) >= 11 is 0. The van der Waals surface area contributed by atoms with Crippen molar-refractivity contribution in [2.75, 3.05) is 13.1 Å². The summed E-state index contributed by atoms with van der Waals surface area (Å²) in [7, 11) is 0. The summed E-state index contributed by atoms with van der Waals surface area (Å²) in [6.07, 6.45) is 0. The number of aromatic amines is 1. The van der Waals surface area contributed by atoms with Crippen LogP contribution in [-0.2, 0) is 21.7 Å². The second-order valence-corrected chi connectivity index (χ2v) is 10.1. The molecule has 0 bridgehead atoms. The lowest BCUT2D eigenvalue weighted by Crippen LogP contribution is -2.67. The first-order valence-electron chi connectivity index (χ1n) is 12.2. The number of amides is 2. The van der Waals surface area contributed by atoms with Crippen LogP contribution >= 0.6 is 0 Å². The number of nitrogens with zero attached hydrogens (tertiary/aromatic N) is 2. The lowest BCUT2D eigenvalue weighted by atomic mass is 9.76. The molecule has 1 aromatic heterocycles. The molecule has 5 nitrogen and oxygen atoms in total. The van der Waals surface area contributed by atoms with Crippen molar-refractivity contribution < 1.29 is 9.59 Å². The van der Waals surface area contributed by atoms with Crippen molar-refractivity contribution >= 4 is 22.7 Å². The number of para-hydroxylation sites is 1. The number of benzene rings is 3. The maximum Gasteiger partial charge on any atom is 0.255 e. The fraction of sp³-hybridized carbons (Fsp3) is 0.267. The van der Waals surface area contributed by atoms with E-state index < -0.39 is 5.54 Å². The van der Waals surface area contributed by atoms with E-state index in [0.29, 0.717) is 13.1 Å². The Kier molecular flexibility index (Phi) is 4.85. The highest BCUT2D eigenvalue weighted by Crippen LogP contribution is 2.48. The number of hydrogen-bond acceptors (Lipinski definition) is 2. The SMILES string of the molecule is Cc1ccc(CN2CC(=O)N3CC(c4ccc(C)cc4)c4c([nH]c5ccccc45)[C@@]3(C)C2=O)cc1. The molecule has 6 rings (SSSR count). The van der Waals surface area contributed by atoms with Crippen LogP contribution in [0, 0.1) is 13.8 Å². The first-order chi connectivity index (χ1) is 16.9. The normalized spacial score (nSPS) is 21.9. The van der Waals surface area contributed by atoms with Gasteiger partial charge in [-0.25, -0.2) is 0 Å². The second kappa shape index (κ2) is 7.84. The molecule has 4 aromatic rings. The monoisotopic (exact) mass is 463 g/mol. The van der Waals surface area contributed by atoms with Gasteiger partial charge in [0.15, 0.2) is 5.54 Å². The molecule has 1 N–H and O–H groups in total. The third-order valence-corrected chi connectivity index (χ3v) is 7.79. The van der Waals surface area contributed by atoms with Crippen molar-refractivity contribution in [3.63, 3.8) is 0 Å². The van der Waals surface area contributed by atoms with Crippen LogP contribution in [0.3, 0.4) is 0 Å². The highest BCUT2D eigenvalue weighted by atomic mass is 16.2. The minimum atomic E-state index is -1.07. The summed E-state index contributed by atoms with van der Waals surface area (Å²) in [6, 6.07) is 24.9. The Morgan fingerprint density at radius 1 is 0.914 bits per heavy atom. The van der Waals surface area contributed by atoms with E-state index in [9.17, 15) is 9.59 Å². The molecule has 0 spiro atoms. The summed E-state index contributed by atoms with van der Waals surface area (Å²) in [5, 5.41) is 1.12. The maximum absolute atomic E-state index is 14.1. The van der Waals surface area contributed by atoms with Crippen LogP contribution in [0.15, 0.2) is 72.8 Å². The van der Waals surface area contributed by atoms with Gasteiger partial charge in [-0.3, -0.25) is 9.59 Å². The fourth-order valence-electron chi connectivity index (χ4n) is 5.82. The number of hydrogen-bond donors (Lipinski definition) is 1. The van der Waals surface area contributed by atoms with Crippen LogP contribution in [0.4, 0.5) is 0 Å². The predicted molar refractivity (Wildman–Crippen MR) is 137 cm³/mol. The minimum absolute atomic E-state index is 0.00442. The number of carbonyl (C=O) groups is 2.